The van der Waals surface area contributed by atoms with Crippen LogP contribution in [0.2, 0.25) is 0 Å². The van der Waals surface area contributed by atoms with Gasteiger partial charge in [-0.25, -0.2) is 0 Å². The molecule has 8 heteroatoms. The first-order valence-corrected chi connectivity index (χ1v) is 8.68. The molecule has 0 fully saturated rings. The molecule has 1 amide bonds. The van der Waals surface area contributed by atoms with Crippen molar-refractivity contribution in [2.45, 2.75) is 12.7 Å². The number of halogens is 3. The smallest absolute Gasteiger partial charge is 0.419 e. The van der Waals surface area contributed by atoms with Crippen LogP contribution in [0.15, 0.2) is 48.5 Å². The second-order valence-electron chi connectivity index (χ2n) is 6.36. The van der Waals surface area contributed by atoms with Gasteiger partial charge in [0.2, 0.25) is 0 Å². The molecule has 0 saturated heterocycles. The van der Waals surface area contributed by atoms with Crippen molar-refractivity contribution in [2.24, 2.45) is 0 Å². The van der Waals surface area contributed by atoms with E-state index in [-0.39, 0.29) is 12.3 Å². The zero-order valence-electron chi connectivity index (χ0n) is 15.8. The number of nitrogens with zero attached hydrogens (tertiary/aromatic N) is 1. The van der Waals surface area contributed by atoms with E-state index in [1.807, 2.05) is 31.1 Å². The van der Waals surface area contributed by atoms with Crippen LogP contribution >= 0.6 is 0 Å². The number of rotatable bonds is 9. The predicted octanol–water partition coefficient (Wildman–Crippen LogP) is 3.34. The number of benzene rings is 2. The van der Waals surface area contributed by atoms with Gasteiger partial charge in [-0.1, -0.05) is 24.3 Å². The molecule has 0 aliphatic rings. The Morgan fingerprint density at radius 3 is 2.36 bits per heavy atom. The highest BCUT2D eigenvalue weighted by Crippen LogP contribution is 2.35. The molecule has 0 aromatic heterocycles. The third kappa shape index (κ3) is 7.11. The lowest BCUT2D eigenvalue weighted by molar-refractivity contribution is -0.139. The summed E-state index contributed by atoms with van der Waals surface area (Å²) in [4.78, 5) is 13.9. The van der Waals surface area contributed by atoms with Crippen LogP contribution in [0.1, 0.15) is 11.1 Å². The molecule has 2 aromatic rings. The van der Waals surface area contributed by atoms with E-state index in [0.717, 1.165) is 23.9 Å². The van der Waals surface area contributed by atoms with Crippen LogP contribution in [0.3, 0.4) is 0 Å². The number of nitrogens with one attached hydrogen (secondary N) is 1. The first-order chi connectivity index (χ1) is 13.3. The zero-order chi connectivity index (χ0) is 20.6. The van der Waals surface area contributed by atoms with Crippen molar-refractivity contribution < 1.29 is 27.4 Å². The summed E-state index contributed by atoms with van der Waals surface area (Å²) >= 11 is 0. The minimum absolute atomic E-state index is 0.237. The maximum Gasteiger partial charge on any atom is 0.419 e. The monoisotopic (exact) mass is 396 g/mol. The van der Waals surface area contributed by atoms with Crippen LogP contribution in [0.5, 0.6) is 11.5 Å². The lowest BCUT2D eigenvalue weighted by atomic mass is 10.2. The fourth-order valence-electron chi connectivity index (χ4n) is 2.27. The molecular formula is C20H23F3N2O3. The molecule has 0 saturated carbocycles. The molecule has 0 bridgehead atoms. The molecule has 2 aromatic carbocycles. The highest BCUT2D eigenvalue weighted by Gasteiger charge is 2.34. The molecule has 0 atom stereocenters. The Balaban J connectivity index is 1.79. The van der Waals surface area contributed by atoms with Crippen molar-refractivity contribution in [3.63, 3.8) is 0 Å². The average Bonchev–Trinajstić information content (AvgIpc) is 2.65. The molecule has 28 heavy (non-hydrogen) atoms. The molecule has 1 N–H and O–H groups in total. The molecule has 2 rings (SSSR count). The fourth-order valence-corrected chi connectivity index (χ4v) is 2.27. The average molecular weight is 396 g/mol. The SMILES string of the molecule is CN(C)CCOc1ccc(CNC(=O)COc2ccccc2C(F)(F)F)cc1. The van der Waals surface area contributed by atoms with Crippen molar-refractivity contribution in [3.8, 4) is 11.5 Å². The summed E-state index contributed by atoms with van der Waals surface area (Å²) in [6.45, 7) is 1.11. The largest absolute Gasteiger partial charge is 0.492 e. The minimum atomic E-state index is -4.54. The van der Waals surface area contributed by atoms with Crippen LogP contribution in [0.25, 0.3) is 0 Å². The van der Waals surface area contributed by atoms with E-state index >= 15 is 0 Å². The molecule has 0 spiro atoms. The third-order valence-corrected chi connectivity index (χ3v) is 3.77. The molecular weight excluding hydrogens is 373 g/mol. The van der Waals surface area contributed by atoms with Gasteiger partial charge in [0, 0.05) is 13.1 Å². The number of amides is 1. The summed E-state index contributed by atoms with van der Waals surface area (Å²) in [5.74, 6) is -0.156. The van der Waals surface area contributed by atoms with Crippen molar-refractivity contribution in [1.29, 1.82) is 0 Å². The summed E-state index contributed by atoms with van der Waals surface area (Å²) in [5, 5.41) is 2.61. The van der Waals surface area contributed by atoms with Crippen LogP contribution < -0.4 is 14.8 Å². The quantitative estimate of drug-likeness (QED) is 0.706. The number of hydrogen-bond donors (Lipinski definition) is 1. The Morgan fingerprint density at radius 2 is 1.71 bits per heavy atom. The maximum absolute atomic E-state index is 12.9. The third-order valence-electron chi connectivity index (χ3n) is 3.77. The van der Waals surface area contributed by atoms with Gasteiger partial charge in [-0.15, -0.1) is 0 Å². The van der Waals surface area contributed by atoms with Gasteiger partial charge in [-0.2, -0.15) is 13.2 Å². The molecule has 5 nitrogen and oxygen atoms in total. The number of hydrogen-bond acceptors (Lipinski definition) is 4. The molecule has 0 aliphatic carbocycles. The van der Waals surface area contributed by atoms with E-state index in [1.54, 1.807) is 12.1 Å². The molecule has 0 heterocycles. The normalized spacial score (nSPS) is 11.4. The van der Waals surface area contributed by atoms with E-state index in [0.29, 0.717) is 6.61 Å². The zero-order valence-corrected chi connectivity index (χ0v) is 15.8. The highest BCUT2D eigenvalue weighted by atomic mass is 19.4. The van der Waals surface area contributed by atoms with Gasteiger partial charge in [-0.05, 0) is 43.9 Å². The number of carbonyl (C=O) groups is 1. The molecule has 0 aliphatic heterocycles. The number of ether oxygens (including phenoxy) is 2. The summed E-state index contributed by atoms with van der Waals surface area (Å²) < 4.78 is 49.3. The van der Waals surface area contributed by atoms with Crippen LogP contribution in [-0.4, -0.2) is 44.7 Å². The second-order valence-corrected chi connectivity index (χ2v) is 6.36. The van der Waals surface area contributed by atoms with Crippen molar-refractivity contribution in [2.75, 3.05) is 33.9 Å². The summed E-state index contributed by atoms with van der Waals surface area (Å²) in [6.07, 6.45) is -4.54. The van der Waals surface area contributed by atoms with Gasteiger partial charge in [0.15, 0.2) is 6.61 Å². The Kier molecular flexibility index (Phi) is 7.69. The minimum Gasteiger partial charge on any atom is -0.492 e. The van der Waals surface area contributed by atoms with Crippen LogP contribution in [0, 0.1) is 0 Å². The molecule has 152 valence electrons. The maximum atomic E-state index is 12.9. The number of para-hydroxylation sites is 1. The van der Waals surface area contributed by atoms with Crippen molar-refractivity contribution in [1.82, 2.24) is 10.2 Å². The Labute approximate surface area is 162 Å². The van der Waals surface area contributed by atoms with E-state index in [1.165, 1.54) is 18.2 Å². The number of likely N-dealkylation sites (N-methyl/N-ethyl adjacent to an activating group) is 1. The van der Waals surface area contributed by atoms with Crippen LogP contribution in [0.4, 0.5) is 13.2 Å². The summed E-state index contributed by atoms with van der Waals surface area (Å²) in [5.41, 5.74) is -0.0725. The van der Waals surface area contributed by atoms with Gasteiger partial charge >= 0.3 is 6.18 Å². The first-order valence-electron chi connectivity index (χ1n) is 8.68. The van der Waals surface area contributed by atoms with E-state index in [4.69, 9.17) is 9.47 Å². The Morgan fingerprint density at radius 1 is 1.04 bits per heavy atom. The van der Waals surface area contributed by atoms with Crippen molar-refractivity contribution >= 4 is 5.91 Å². The molecule has 0 unspecified atom stereocenters. The lowest BCUT2D eigenvalue weighted by Crippen LogP contribution is -2.28. The topological polar surface area (TPSA) is 50.8 Å². The van der Waals surface area contributed by atoms with Gasteiger partial charge in [-0.3, -0.25) is 4.79 Å². The Hall–Kier alpha value is -2.74. The van der Waals surface area contributed by atoms with E-state index in [9.17, 15) is 18.0 Å². The highest BCUT2D eigenvalue weighted by molar-refractivity contribution is 5.77. The van der Waals surface area contributed by atoms with E-state index in [2.05, 4.69) is 5.32 Å². The standard InChI is InChI=1S/C20H23F3N2O3/c1-25(2)11-12-27-16-9-7-15(8-10-16)13-24-19(26)14-28-18-6-4-3-5-17(18)20(21,22)23/h3-10H,11-14H2,1-2H3,(H,24,26). The van der Waals surface area contributed by atoms with Gasteiger partial charge in [0.05, 0.1) is 5.56 Å². The Bertz CT molecular complexity index is 762. The predicted molar refractivity (Wildman–Crippen MR) is 99.3 cm³/mol. The van der Waals surface area contributed by atoms with Gasteiger partial charge in [0.1, 0.15) is 18.1 Å². The lowest BCUT2D eigenvalue weighted by Gasteiger charge is -2.14. The van der Waals surface area contributed by atoms with Crippen molar-refractivity contribution in [3.05, 3.63) is 59.7 Å². The van der Waals surface area contributed by atoms with E-state index < -0.39 is 24.3 Å². The van der Waals surface area contributed by atoms with Crippen LogP contribution in [-0.2, 0) is 17.5 Å². The fraction of sp³-hybridized carbons (Fsp3) is 0.350. The van der Waals surface area contributed by atoms with Gasteiger partial charge < -0.3 is 19.7 Å². The second kappa shape index (κ2) is 9.98. The summed E-state index contributed by atoms with van der Waals surface area (Å²) in [7, 11) is 3.92. The van der Waals surface area contributed by atoms with Gasteiger partial charge in [0.25, 0.3) is 5.91 Å². The number of alkyl halides is 3. The number of carbonyl (C=O) groups excluding carboxylic acids is 1. The summed E-state index contributed by atoms with van der Waals surface area (Å²) in [6, 6.07) is 12.0. The first kappa shape index (κ1) is 21.6. The molecule has 0 radical (unpaired) electrons.